The first-order valence-corrected chi connectivity index (χ1v) is 9.36. The van der Waals surface area contributed by atoms with Crippen LogP contribution < -0.4 is 10.2 Å². The molecule has 1 aliphatic heterocycles. The van der Waals surface area contributed by atoms with E-state index in [2.05, 4.69) is 20.2 Å². The summed E-state index contributed by atoms with van der Waals surface area (Å²) in [6.45, 7) is 7.83. The number of rotatable bonds is 7. The molecule has 1 fully saturated rings. The maximum atomic E-state index is 12.4. The molecule has 0 unspecified atom stereocenters. The zero-order valence-corrected chi connectivity index (χ0v) is 16.7. The van der Waals surface area contributed by atoms with Crippen LogP contribution in [-0.2, 0) is 4.74 Å². The fourth-order valence-electron chi connectivity index (χ4n) is 2.80. The summed E-state index contributed by atoms with van der Waals surface area (Å²) in [7, 11) is 4.01. The fraction of sp³-hybridized carbons (Fsp3) is 0.667. The Labute approximate surface area is 160 Å². The van der Waals surface area contributed by atoms with Crippen molar-refractivity contribution in [2.24, 2.45) is 0 Å². The smallest absolute Gasteiger partial charge is 0.409 e. The van der Waals surface area contributed by atoms with E-state index in [0.29, 0.717) is 51.0 Å². The Balaban J connectivity index is 1.95. The molecule has 1 N–H and O–H groups in total. The van der Waals surface area contributed by atoms with E-state index in [1.165, 1.54) is 0 Å². The average Bonchev–Trinajstić information content (AvgIpc) is 2.64. The second-order valence-corrected chi connectivity index (χ2v) is 6.78. The summed E-state index contributed by atoms with van der Waals surface area (Å²) < 4.78 is 5.03. The number of hydrogen-bond acceptors (Lipinski definition) is 7. The SMILES string of the molecule is CCOC(=O)N1CCN(c2nc(C)cc(C(=O)NCCCN(C)C)n2)CC1. The van der Waals surface area contributed by atoms with Gasteiger partial charge < -0.3 is 24.8 Å². The van der Waals surface area contributed by atoms with Gasteiger partial charge in [-0.3, -0.25) is 4.79 Å². The van der Waals surface area contributed by atoms with E-state index in [4.69, 9.17) is 4.74 Å². The summed E-state index contributed by atoms with van der Waals surface area (Å²) in [5.74, 6) is 0.336. The number of aromatic nitrogens is 2. The van der Waals surface area contributed by atoms with Gasteiger partial charge in [-0.15, -0.1) is 0 Å². The highest BCUT2D eigenvalue weighted by atomic mass is 16.6. The van der Waals surface area contributed by atoms with E-state index in [0.717, 1.165) is 18.7 Å². The van der Waals surface area contributed by atoms with Crippen molar-refractivity contribution in [1.82, 2.24) is 25.1 Å². The van der Waals surface area contributed by atoms with Gasteiger partial charge in [0.25, 0.3) is 5.91 Å². The van der Waals surface area contributed by atoms with Gasteiger partial charge >= 0.3 is 6.09 Å². The van der Waals surface area contributed by atoms with Crippen LogP contribution in [0.1, 0.15) is 29.5 Å². The van der Waals surface area contributed by atoms with Crippen LogP contribution in [0.4, 0.5) is 10.7 Å². The number of carbonyl (C=O) groups is 2. The van der Waals surface area contributed by atoms with Crippen LogP contribution in [0.5, 0.6) is 0 Å². The Hall–Kier alpha value is -2.42. The Morgan fingerprint density at radius 2 is 1.93 bits per heavy atom. The van der Waals surface area contributed by atoms with Gasteiger partial charge in [0, 0.05) is 38.4 Å². The first-order chi connectivity index (χ1) is 12.9. The summed E-state index contributed by atoms with van der Waals surface area (Å²) >= 11 is 0. The molecule has 27 heavy (non-hydrogen) atoms. The molecule has 0 radical (unpaired) electrons. The lowest BCUT2D eigenvalue weighted by molar-refractivity contribution is 0.0947. The number of piperazine rings is 1. The van der Waals surface area contributed by atoms with E-state index >= 15 is 0 Å². The Morgan fingerprint density at radius 1 is 1.22 bits per heavy atom. The minimum Gasteiger partial charge on any atom is -0.450 e. The Morgan fingerprint density at radius 3 is 2.56 bits per heavy atom. The van der Waals surface area contributed by atoms with Gasteiger partial charge in [0.1, 0.15) is 5.69 Å². The lowest BCUT2D eigenvalue weighted by Crippen LogP contribution is -2.49. The average molecular weight is 378 g/mol. The molecule has 1 aliphatic rings. The number of hydrogen-bond donors (Lipinski definition) is 1. The van der Waals surface area contributed by atoms with Crippen LogP contribution in [0.25, 0.3) is 0 Å². The van der Waals surface area contributed by atoms with Crippen LogP contribution in [0.3, 0.4) is 0 Å². The molecular formula is C18H30N6O3. The summed E-state index contributed by atoms with van der Waals surface area (Å²) in [4.78, 5) is 38.8. The molecule has 2 amide bonds. The first-order valence-electron chi connectivity index (χ1n) is 9.36. The highest BCUT2D eigenvalue weighted by Gasteiger charge is 2.24. The van der Waals surface area contributed by atoms with Crippen LogP contribution >= 0.6 is 0 Å². The van der Waals surface area contributed by atoms with E-state index in [-0.39, 0.29) is 12.0 Å². The number of nitrogens with zero attached hydrogens (tertiary/aromatic N) is 5. The van der Waals surface area contributed by atoms with Crippen molar-refractivity contribution in [2.75, 3.05) is 64.9 Å². The number of amides is 2. The van der Waals surface area contributed by atoms with Crippen molar-refractivity contribution in [2.45, 2.75) is 20.3 Å². The normalized spacial score (nSPS) is 14.4. The quantitative estimate of drug-likeness (QED) is 0.700. The Bertz CT molecular complexity index is 644. The molecule has 0 aromatic carbocycles. The second-order valence-electron chi connectivity index (χ2n) is 6.78. The van der Waals surface area contributed by atoms with E-state index < -0.39 is 0 Å². The van der Waals surface area contributed by atoms with Gasteiger partial charge in [-0.1, -0.05) is 0 Å². The van der Waals surface area contributed by atoms with Crippen molar-refractivity contribution < 1.29 is 14.3 Å². The number of carbonyl (C=O) groups excluding carboxylic acids is 2. The summed E-state index contributed by atoms with van der Waals surface area (Å²) in [6.07, 6.45) is 0.589. The van der Waals surface area contributed by atoms with Crippen molar-refractivity contribution >= 4 is 17.9 Å². The van der Waals surface area contributed by atoms with Crippen molar-refractivity contribution in [3.05, 3.63) is 17.5 Å². The molecule has 1 aromatic heterocycles. The maximum absolute atomic E-state index is 12.4. The van der Waals surface area contributed by atoms with Gasteiger partial charge in [-0.25, -0.2) is 14.8 Å². The third-order valence-corrected chi connectivity index (χ3v) is 4.23. The predicted octanol–water partition coefficient (Wildman–Crippen LogP) is 0.745. The van der Waals surface area contributed by atoms with Gasteiger partial charge in [0.15, 0.2) is 0 Å². The van der Waals surface area contributed by atoms with Gasteiger partial charge in [0.05, 0.1) is 6.61 Å². The molecule has 2 rings (SSSR count). The zero-order valence-electron chi connectivity index (χ0n) is 16.7. The monoisotopic (exact) mass is 378 g/mol. The first kappa shape index (κ1) is 20.9. The van der Waals surface area contributed by atoms with Crippen molar-refractivity contribution in [1.29, 1.82) is 0 Å². The molecular weight excluding hydrogens is 348 g/mol. The minimum atomic E-state index is -0.292. The fourth-order valence-corrected chi connectivity index (χ4v) is 2.80. The molecule has 0 aliphatic carbocycles. The highest BCUT2D eigenvalue weighted by Crippen LogP contribution is 2.14. The number of nitrogens with one attached hydrogen (secondary N) is 1. The third-order valence-electron chi connectivity index (χ3n) is 4.23. The zero-order chi connectivity index (χ0) is 19.8. The van der Waals surface area contributed by atoms with Crippen molar-refractivity contribution in [3.63, 3.8) is 0 Å². The number of aryl methyl sites for hydroxylation is 1. The summed E-state index contributed by atoms with van der Waals surface area (Å²) in [6, 6.07) is 1.69. The lowest BCUT2D eigenvalue weighted by atomic mass is 10.3. The number of ether oxygens (including phenoxy) is 1. The molecule has 0 spiro atoms. The van der Waals surface area contributed by atoms with Gasteiger partial charge in [-0.05, 0) is 47.0 Å². The Kier molecular flexibility index (Phi) is 7.78. The van der Waals surface area contributed by atoms with Crippen molar-refractivity contribution in [3.8, 4) is 0 Å². The van der Waals surface area contributed by atoms with Crippen LogP contribution in [0, 0.1) is 6.92 Å². The highest BCUT2D eigenvalue weighted by molar-refractivity contribution is 5.92. The molecule has 0 atom stereocenters. The van der Waals surface area contributed by atoms with Crippen LogP contribution in [0.15, 0.2) is 6.07 Å². The third kappa shape index (κ3) is 6.35. The van der Waals surface area contributed by atoms with E-state index in [1.54, 1.807) is 17.9 Å². The summed E-state index contributed by atoms with van der Waals surface area (Å²) in [5, 5.41) is 2.90. The molecule has 9 nitrogen and oxygen atoms in total. The maximum Gasteiger partial charge on any atom is 0.409 e. The standard InChI is InChI=1S/C18H30N6O3/c1-5-27-18(26)24-11-9-23(10-12-24)17-20-14(2)13-15(21-17)16(25)19-7-6-8-22(3)4/h13H,5-12H2,1-4H3,(H,19,25). The molecule has 0 bridgehead atoms. The van der Waals surface area contributed by atoms with E-state index in [9.17, 15) is 9.59 Å². The largest absolute Gasteiger partial charge is 0.450 e. The molecule has 9 heteroatoms. The minimum absolute atomic E-state index is 0.189. The lowest BCUT2D eigenvalue weighted by Gasteiger charge is -2.34. The topological polar surface area (TPSA) is 90.9 Å². The molecule has 150 valence electrons. The molecule has 1 saturated heterocycles. The molecule has 1 aromatic rings. The van der Waals surface area contributed by atoms with Gasteiger partial charge in [-0.2, -0.15) is 0 Å². The van der Waals surface area contributed by atoms with Gasteiger partial charge in [0.2, 0.25) is 5.95 Å². The van der Waals surface area contributed by atoms with E-state index in [1.807, 2.05) is 25.9 Å². The second kappa shape index (κ2) is 10.1. The molecule has 2 heterocycles. The van der Waals surface area contributed by atoms with Crippen LogP contribution in [0.2, 0.25) is 0 Å². The molecule has 0 saturated carbocycles. The summed E-state index contributed by atoms with van der Waals surface area (Å²) in [5.41, 5.74) is 1.11. The number of anilines is 1. The predicted molar refractivity (Wildman–Crippen MR) is 103 cm³/mol. The van der Waals surface area contributed by atoms with Crippen LogP contribution in [-0.4, -0.2) is 91.7 Å².